The summed E-state index contributed by atoms with van der Waals surface area (Å²) >= 11 is 0. The molecular formula is C32H34N2O6. The molecule has 0 aliphatic heterocycles. The van der Waals surface area contributed by atoms with Crippen LogP contribution in [0.15, 0.2) is 78.9 Å². The van der Waals surface area contributed by atoms with Gasteiger partial charge in [0.25, 0.3) is 0 Å². The van der Waals surface area contributed by atoms with Crippen LogP contribution in [0, 0.1) is 5.92 Å². The van der Waals surface area contributed by atoms with Crippen molar-refractivity contribution in [3.63, 3.8) is 0 Å². The largest absolute Gasteiger partial charge is 0.480 e. The second-order valence-electron chi connectivity index (χ2n) is 10.6. The van der Waals surface area contributed by atoms with Gasteiger partial charge < -0.3 is 25.2 Å². The minimum Gasteiger partial charge on any atom is -0.480 e. The van der Waals surface area contributed by atoms with Gasteiger partial charge in [0.2, 0.25) is 5.91 Å². The molecule has 5 rings (SSSR count). The highest BCUT2D eigenvalue weighted by Gasteiger charge is 2.35. The van der Waals surface area contributed by atoms with Crippen molar-refractivity contribution < 1.29 is 29.0 Å². The molecule has 8 heteroatoms. The quantitative estimate of drug-likeness (QED) is 0.319. The number of ether oxygens (including phenoxy) is 2. The van der Waals surface area contributed by atoms with E-state index in [4.69, 9.17) is 9.47 Å². The van der Waals surface area contributed by atoms with E-state index in [1.807, 2.05) is 54.6 Å². The molecule has 3 aromatic rings. The Labute approximate surface area is 233 Å². The van der Waals surface area contributed by atoms with Crippen molar-refractivity contribution in [2.75, 3.05) is 6.61 Å². The fraction of sp³-hybridized carbons (Fsp3) is 0.344. The van der Waals surface area contributed by atoms with E-state index in [-0.39, 0.29) is 43.4 Å². The number of alkyl carbamates (subject to hydrolysis) is 1. The van der Waals surface area contributed by atoms with E-state index in [0.29, 0.717) is 12.8 Å². The van der Waals surface area contributed by atoms with E-state index in [9.17, 15) is 19.5 Å². The summed E-state index contributed by atoms with van der Waals surface area (Å²) in [4.78, 5) is 36.9. The predicted octanol–water partition coefficient (Wildman–Crippen LogP) is 4.87. The molecule has 3 aromatic carbocycles. The lowest BCUT2D eigenvalue weighted by Crippen LogP contribution is -2.50. The summed E-state index contributed by atoms with van der Waals surface area (Å²) in [6.07, 6.45) is 0.291. The molecular weight excluding hydrogens is 508 g/mol. The highest BCUT2D eigenvalue weighted by molar-refractivity contribution is 5.84. The average Bonchev–Trinajstić information content (AvgIpc) is 3.26. The van der Waals surface area contributed by atoms with Gasteiger partial charge in [0.15, 0.2) is 6.04 Å². The summed E-state index contributed by atoms with van der Waals surface area (Å²) < 4.78 is 11.3. The highest BCUT2D eigenvalue weighted by Crippen LogP contribution is 2.44. The van der Waals surface area contributed by atoms with Crippen LogP contribution in [-0.2, 0) is 25.7 Å². The van der Waals surface area contributed by atoms with E-state index in [1.165, 1.54) is 11.1 Å². The van der Waals surface area contributed by atoms with Gasteiger partial charge in [-0.25, -0.2) is 9.59 Å². The minimum absolute atomic E-state index is 0.00256. The molecule has 2 amide bonds. The first-order valence-corrected chi connectivity index (χ1v) is 13.7. The summed E-state index contributed by atoms with van der Waals surface area (Å²) in [5.74, 6) is -1.42. The van der Waals surface area contributed by atoms with Gasteiger partial charge in [-0.05, 0) is 53.5 Å². The lowest BCUT2D eigenvalue weighted by Gasteiger charge is -2.35. The van der Waals surface area contributed by atoms with Gasteiger partial charge in [0, 0.05) is 18.4 Å². The van der Waals surface area contributed by atoms with Crippen molar-refractivity contribution in [2.24, 2.45) is 5.92 Å². The van der Waals surface area contributed by atoms with E-state index in [2.05, 4.69) is 34.9 Å². The zero-order valence-electron chi connectivity index (χ0n) is 22.4. The Balaban J connectivity index is 1.04. The summed E-state index contributed by atoms with van der Waals surface area (Å²) in [7, 11) is 0. The Morgan fingerprint density at radius 3 is 2.12 bits per heavy atom. The Hall–Kier alpha value is -4.17. The molecule has 208 valence electrons. The summed E-state index contributed by atoms with van der Waals surface area (Å²) in [6, 6.07) is 24.6. The molecule has 0 radical (unpaired) electrons. The summed E-state index contributed by atoms with van der Waals surface area (Å²) in [5.41, 5.74) is 5.59. The van der Waals surface area contributed by atoms with Crippen molar-refractivity contribution in [2.45, 2.75) is 56.9 Å². The maximum atomic E-state index is 12.6. The maximum Gasteiger partial charge on any atom is 0.407 e. The molecule has 8 nitrogen and oxygen atoms in total. The van der Waals surface area contributed by atoms with Crippen LogP contribution >= 0.6 is 0 Å². The smallest absolute Gasteiger partial charge is 0.407 e. The van der Waals surface area contributed by atoms with Crippen LogP contribution in [0.25, 0.3) is 11.1 Å². The van der Waals surface area contributed by atoms with Gasteiger partial charge in [-0.3, -0.25) is 4.79 Å². The molecule has 2 atom stereocenters. The predicted molar refractivity (Wildman–Crippen MR) is 150 cm³/mol. The third-order valence-corrected chi connectivity index (χ3v) is 7.78. The molecule has 40 heavy (non-hydrogen) atoms. The number of rotatable bonds is 11. The molecule has 1 saturated carbocycles. The van der Waals surface area contributed by atoms with Crippen LogP contribution in [-0.4, -0.2) is 47.9 Å². The van der Waals surface area contributed by atoms with Crippen molar-refractivity contribution in [3.8, 4) is 11.1 Å². The third kappa shape index (κ3) is 6.34. The average molecular weight is 543 g/mol. The Kier molecular flexibility index (Phi) is 8.45. The lowest BCUT2D eigenvalue weighted by molar-refractivity contribution is -0.146. The van der Waals surface area contributed by atoms with Crippen LogP contribution < -0.4 is 10.6 Å². The molecule has 0 spiro atoms. The summed E-state index contributed by atoms with van der Waals surface area (Å²) in [6.45, 7) is 2.15. The molecule has 0 aromatic heterocycles. The van der Waals surface area contributed by atoms with Crippen molar-refractivity contribution >= 4 is 18.0 Å². The van der Waals surface area contributed by atoms with Crippen LogP contribution in [0.1, 0.15) is 48.8 Å². The first kappa shape index (κ1) is 27.4. The van der Waals surface area contributed by atoms with Gasteiger partial charge >= 0.3 is 12.1 Å². The van der Waals surface area contributed by atoms with Gasteiger partial charge in [0.05, 0.1) is 12.7 Å². The number of aliphatic carboxylic acids is 1. The molecule has 1 fully saturated rings. The zero-order valence-corrected chi connectivity index (χ0v) is 22.4. The molecule has 0 bridgehead atoms. The number of carbonyl (C=O) groups excluding carboxylic acids is 2. The topological polar surface area (TPSA) is 114 Å². The van der Waals surface area contributed by atoms with E-state index < -0.39 is 24.2 Å². The molecule has 3 N–H and O–H groups in total. The van der Waals surface area contributed by atoms with Crippen molar-refractivity contribution in [1.29, 1.82) is 0 Å². The Bertz CT molecular complexity index is 1310. The number of carboxylic acid groups (broad SMARTS) is 1. The van der Waals surface area contributed by atoms with Gasteiger partial charge in [-0.15, -0.1) is 0 Å². The van der Waals surface area contributed by atoms with E-state index in [1.54, 1.807) is 6.92 Å². The number of hydrogen-bond acceptors (Lipinski definition) is 5. The van der Waals surface area contributed by atoms with Gasteiger partial charge in [-0.2, -0.15) is 0 Å². The number of hydrogen-bond donors (Lipinski definition) is 3. The number of benzene rings is 3. The lowest BCUT2D eigenvalue weighted by atomic mass is 9.78. The first-order valence-electron chi connectivity index (χ1n) is 13.7. The number of fused-ring (bicyclic) bond motifs is 3. The maximum absolute atomic E-state index is 12.6. The van der Waals surface area contributed by atoms with Crippen molar-refractivity contribution in [3.05, 3.63) is 95.6 Å². The van der Waals surface area contributed by atoms with E-state index >= 15 is 0 Å². The van der Waals surface area contributed by atoms with Crippen LogP contribution in [0.3, 0.4) is 0 Å². The Morgan fingerprint density at radius 2 is 1.50 bits per heavy atom. The number of amides is 2. The third-order valence-electron chi connectivity index (χ3n) is 7.78. The van der Waals surface area contributed by atoms with Crippen LogP contribution in [0.4, 0.5) is 4.79 Å². The molecule has 0 saturated heterocycles. The SMILES string of the molecule is C[C@@H](OCc1ccccc1)[C@H](NC(=O)CC1CC(NC(=O)OCC2c3ccccc3-c3ccccc32)C1)C(=O)O. The Morgan fingerprint density at radius 1 is 0.900 bits per heavy atom. The fourth-order valence-corrected chi connectivity index (χ4v) is 5.60. The zero-order chi connectivity index (χ0) is 28.1. The molecule has 0 unspecified atom stereocenters. The number of carbonyl (C=O) groups is 3. The van der Waals surface area contributed by atoms with Crippen molar-refractivity contribution in [1.82, 2.24) is 10.6 Å². The standard InChI is InChI=1S/C32H34N2O6/c1-20(39-18-21-9-3-2-4-10-21)30(31(36)37)34-29(35)17-22-15-23(16-22)33-32(38)40-19-28-26-13-7-5-11-24(26)25-12-6-8-14-27(25)28/h2-14,20,22-23,28,30H,15-19H2,1H3,(H,33,38)(H,34,35)(H,36,37)/t20-,22?,23?,30+/m1/s1. The normalized spacial score (nSPS) is 18.9. The van der Waals surface area contributed by atoms with Gasteiger partial charge in [-0.1, -0.05) is 78.9 Å². The monoisotopic (exact) mass is 542 g/mol. The van der Waals surface area contributed by atoms with E-state index in [0.717, 1.165) is 16.7 Å². The van der Waals surface area contributed by atoms with Crippen LogP contribution in [0.5, 0.6) is 0 Å². The summed E-state index contributed by atoms with van der Waals surface area (Å²) in [5, 5.41) is 15.1. The van der Waals surface area contributed by atoms with Crippen LogP contribution in [0.2, 0.25) is 0 Å². The molecule has 2 aliphatic rings. The first-order chi connectivity index (χ1) is 19.4. The number of carboxylic acids is 1. The molecule has 0 heterocycles. The molecule has 2 aliphatic carbocycles. The van der Waals surface area contributed by atoms with Gasteiger partial charge in [0.1, 0.15) is 6.61 Å². The fourth-order valence-electron chi connectivity index (χ4n) is 5.60. The number of nitrogens with one attached hydrogen (secondary N) is 2. The highest BCUT2D eigenvalue weighted by atomic mass is 16.5. The second-order valence-corrected chi connectivity index (χ2v) is 10.6. The second kappa shape index (κ2) is 12.3. The minimum atomic E-state index is -1.15.